The van der Waals surface area contributed by atoms with E-state index in [1.54, 1.807) is 0 Å². The van der Waals surface area contributed by atoms with Crippen molar-refractivity contribution in [3.05, 3.63) is 57.6 Å². The highest BCUT2D eigenvalue weighted by Crippen LogP contribution is 2.35. The van der Waals surface area contributed by atoms with E-state index in [4.69, 9.17) is 14.2 Å². The second-order valence-electron chi connectivity index (χ2n) is 5.68. The SMILES string of the molecule is COc1ccc(OC)c(C(=O)OCC(=O)Nc2ccc(C(F)(F)F)cc2[N+](=O)[O-])c1. The number of rotatable bonds is 7. The van der Waals surface area contributed by atoms with Crippen LogP contribution in [-0.2, 0) is 15.7 Å². The van der Waals surface area contributed by atoms with E-state index < -0.39 is 46.5 Å². The van der Waals surface area contributed by atoms with Crippen molar-refractivity contribution in [2.75, 3.05) is 26.1 Å². The van der Waals surface area contributed by atoms with E-state index in [1.807, 2.05) is 5.32 Å². The first-order valence-electron chi connectivity index (χ1n) is 8.11. The number of amides is 1. The molecule has 0 saturated carbocycles. The number of methoxy groups -OCH3 is 2. The number of benzene rings is 2. The molecule has 0 unspecified atom stereocenters. The first-order chi connectivity index (χ1) is 14.1. The number of nitro benzene ring substituents is 1. The van der Waals surface area contributed by atoms with Gasteiger partial charge in [0, 0.05) is 6.07 Å². The zero-order valence-electron chi connectivity index (χ0n) is 15.6. The van der Waals surface area contributed by atoms with Crippen LogP contribution in [0.4, 0.5) is 24.5 Å². The van der Waals surface area contributed by atoms with Gasteiger partial charge < -0.3 is 19.5 Å². The molecular weight excluding hydrogens is 413 g/mol. The third-order valence-electron chi connectivity index (χ3n) is 3.76. The Balaban J connectivity index is 2.11. The van der Waals surface area contributed by atoms with Gasteiger partial charge in [0.25, 0.3) is 11.6 Å². The number of halogens is 3. The van der Waals surface area contributed by atoms with E-state index >= 15 is 0 Å². The quantitative estimate of drug-likeness (QED) is 0.408. The van der Waals surface area contributed by atoms with Gasteiger partial charge in [0.15, 0.2) is 6.61 Å². The summed E-state index contributed by atoms with van der Waals surface area (Å²) in [6, 6.07) is 5.91. The molecule has 12 heteroatoms. The van der Waals surface area contributed by atoms with Crippen LogP contribution in [0.3, 0.4) is 0 Å². The molecule has 0 fully saturated rings. The van der Waals surface area contributed by atoms with Crippen molar-refractivity contribution in [1.29, 1.82) is 0 Å². The maximum absolute atomic E-state index is 12.7. The Kier molecular flexibility index (Phi) is 6.82. The molecule has 0 spiro atoms. The molecule has 9 nitrogen and oxygen atoms in total. The summed E-state index contributed by atoms with van der Waals surface area (Å²) in [5, 5.41) is 13.1. The van der Waals surface area contributed by atoms with Crippen LogP contribution in [0.25, 0.3) is 0 Å². The predicted molar refractivity (Wildman–Crippen MR) is 96.6 cm³/mol. The minimum atomic E-state index is -4.79. The summed E-state index contributed by atoms with van der Waals surface area (Å²) in [6.45, 7) is -0.850. The van der Waals surface area contributed by atoms with Crippen molar-refractivity contribution in [3.63, 3.8) is 0 Å². The summed E-state index contributed by atoms with van der Waals surface area (Å²) < 4.78 is 53.0. The standard InChI is InChI=1S/C18H15F3N2O7/c1-28-11-4-6-15(29-2)12(8-11)17(25)30-9-16(24)22-13-5-3-10(18(19,20)21)7-14(13)23(26)27/h3-8H,9H2,1-2H3,(H,22,24). The van der Waals surface area contributed by atoms with Crippen LogP contribution >= 0.6 is 0 Å². The summed E-state index contributed by atoms with van der Waals surface area (Å²) in [5.74, 6) is -1.46. The number of carbonyl (C=O) groups is 2. The minimum absolute atomic E-state index is 0.0369. The Hall–Kier alpha value is -3.83. The zero-order valence-corrected chi connectivity index (χ0v) is 15.6. The van der Waals surface area contributed by atoms with Crippen molar-refractivity contribution < 1.29 is 41.9 Å². The predicted octanol–water partition coefficient (Wildman–Crippen LogP) is 3.43. The van der Waals surface area contributed by atoms with E-state index in [-0.39, 0.29) is 11.3 Å². The molecule has 30 heavy (non-hydrogen) atoms. The second-order valence-corrected chi connectivity index (χ2v) is 5.68. The Bertz CT molecular complexity index is 977. The van der Waals surface area contributed by atoms with Gasteiger partial charge in [-0.2, -0.15) is 13.2 Å². The average molecular weight is 428 g/mol. The van der Waals surface area contributed by atoms with Crippen molar-refractivity contribution in [2.45, 2.75) is 6.18 Å². The third kappa shape index (κ3) is 5.37. The highest BCUT2D eigenvalue weighted by atomic mass is 19.4. The van der Waals surface area contributed by atoms with Crippen molar-refractivity contribution >= 4 is 23.3 Å². The first kappa shape index (κ1) is 22.5. The third-order valence-corrected chi connectivity index (χ3v) is 3.76. The van der Waals surface area contributed by atoms with Crippen LogP contribution < -0.4 is 14.8 Å². The largest absolute Gasteiger partial charge is 0.497 e. The van der Waals surface area contributed by atoms with Gasteiger partial charge in [-0.3, -0.25) is 14.9 Å². The first-order valence-corrected chi connectivity index (χ1v) is 8.11. The summed E-state index contributed by atoms with van der Waals surface area (Å²) >= 11 is 0. The van der Waals surface area contributed by atoms with E-state index in [0.717, 1.165) is 6.07 Å². The number of nitrogens with zero attached hydrogens (tertiary/aromatic N) is 1. The summed E-state index contributed by atoms with van der Waals surface area (Å²) in [6.07, 6.45) is -4.79. The molecular formula is C18H15F3N2O7. The monoisotopic (exact) mass is 428 g/mol. The molecule has 2 rings (SSSR count). The summed E-state index contributed by atoms with van der Waals surface area (Å²) in [4.78, 5) is 34.2. The lowest BCUT2D eigenvalue weighted by Gasteiger charge is -2.11. The van der Waals surface area contributed by atoms with Crippen LogP contribution in [0, 0.1) is 10.1 Å². The van der Waals surface area contributed by atoms with Crippen LogP contribution in [0.15, 0.2) is 36.4 Å². The fourth-order valence-electron chi connectivity index (χ4n) is 2.33. The van der Waals surface area contributed by atoms with Crippen LogP contribution in [0.2, 0.25) is 0 Å². The average Bonchev–Trinajstić information content (AvgIpc) is 2.70. The molecule has 0 atom stereocenters. The minimum Gasteiger partial charge on any atom is -0.497 e. The molecule has 0 heterocycles. The molecule has 0 bridgehead atoms. The highest BCUT2D eigenvalue weighted by molar-refractivity contribution is 5.98. The number of anilines is 1. The number of alkyl halides is 3. The maximum atomic E-state index is 12.7. The van der Waals surface area contributed by atoms with Gasteiger partial charge in [0.2, 0.25) is 0 Å². The van der Waals surface area contributed by atoms with Crippen molar-refractivity contribution in [2.24, 2.45) is 0 Å². The molecule has 2 aromatic carbocycles. The van der Waals surface area contributed by atoms with Gasteiger partial charge in [-0.15, -0.1) is 0 Å². The normalized spacial score (nSPS) is 10.8. The molecule has 0 radical (unpaired) electrons. The second kappa shape index (κ2) is 9.11. The molecule has 0 aliphatic carbocycles. The van der Waals surface area contributed by atoms with Crippen LogP contribution in [0.5, 0.6) is 11.5 Å². The number of ether oxygens (including phenoxy) is 3. The van der Waals surface area contributed by atoms with Crippen LogP contribution in [-0.4, -0.2) is 37.6 Å². The Morgan fingerprint density at radius 3 is 2.37 bits per heavy atom. The Morgan fingerprint density at radius 1 is 1.10 bits per heavy atom. The zero-order chi connectivity index (χ0) is 22.5. The molecule has 0 aliphatic heterocycles. The molecule has 160 valence electrons. The van der Waals surface area contributed by atoms with Gasteiger partial charge in [-0.1, -0.05) is 0 Å². The van der Waals surface area contributed by atoms with Gasteiger partial charge in [0.05, 0.1) is 24.7 Å². The van der Waals surface area contributed by atoms with E-state index in [0.29, 0.717) is 17.9 Å². The topological polar surface area (TPSA) is 117 Å². The van der Waals surface area contributed by atoms with Gasteiger partial charge >= 0.3 is 12.1 Å². The van der Waals surface area contributed by atoms with E-state index in [1.165, 1.54) is 32.4 Å². The lowest BCUT2D eigenvalue weighted by Crippen LogP contribution is -2.22. The van der Waals surface area contributed by atoms with E-state index in [2.05, 4.69) is 0 Å². The fourth-order valence-corrected chi connectivity index (χ4v) is 2.33. The number of hydrogen-bond donors (Lipinski definition) is 1. The summed E-state index contributed by atoms with van der Waals surface area (Å²) in [5.41, 5.74) is -2.72. The molecule has 1 N–H and O–H groups in total. The number of hydrogen-bond acceptors (Lipinski definition) is 7. The van der Waals surface area contributed by atoms with Gasteiger partial charge in [0.1, 0.15) is 22.7 Å². The lowest BCUT2D eigenvalue weighted by molar-refractivity contribution is -0.384. The van der Waals surface area contributed by atoms with Crippen LogP contribution in [0.1, 0.15) is 15.9 Å². The van der Waals surface area contributed by atoms with Crippen molar-refractivity contribution in [1.82, 2.24) is 0 Å². The Labute approximate surface area is 167 Å². The van der Waals surface area contributed by atoms with Gasteiger partial charge in [-0.25, -0.2) is 4.79 Å². The number of esters is 1. The Morgan fingerprint density at radius 2 is 1.80 bits per heavy atom. The molecule has 2 aromatic rings. The number of carbonyl (C=O) groups excluding carboxylic acids is 2. The number of nitrogens with one attached hydrogen (secondary N) is 1. The number of nitro groups is 1. The van der Waals surface area contributed by atoms with Crippen molar-refractivity contribution in [3.8, 4) is 11.5 Å². The lowest BCUT2D eigenvalue weighted by atomic mass is 10.1. The molecule has 1 amide bonds. The van der Waals surface area contributed by atoms with Gasteiger partial charge in [-0.05, 0) is 30.3 Å². The van der Waals surface area contributed by atoms with E-state index in [9.17, 15) is 32.9 Å². The summed E-state index contributed by atoms with van der Waals surface area (Å²) in [7, 11) is 2.69. The molecule has 0 saturated heterocycles. The molecule has 0 aromatic heterocycles. The molecule has 0 aliphatic rings. The fraction of sp³-hybridized carbons (Fsp3) is 0.222. The highest BCUT2D eigenvalue weighted by Gasteiger charge is 2.33. The maximum Gasteiger partial charge on any atom is 0.416 e. The smallest absolute Gasteiger partial charge is 0.416 e.